The quantitative estimate of drug-likeness (QED) is 0.270. The predicted molar refractivity (Wildman–Crippen MR) is 170 cm³/mol. The van der Waals surface area contributed by atoms with E-state index in [1.165, 1.54) is 11.7 Å². The van der Waals surface area contributed by atoms with Gasteiger partial charge >= 0.3 is 17.9 Å². The van der Waals surface area contributed by atoms with Crippen LogP contribution in [0.1, 0.15) is 37.9 Å². The molecule has 2 aromatic carbocycles. The Labute approximate surface area is 277 Å². The standard InChI is InChI=1S/C30H28Br2N2O10S/c1-5-41-21-12-17(7-8-20(21)43-14-24(37)40-4)26-25(29(39)42-6-2)15(3)33-30-34(26)28(38)22(45-30)11-16-9-18(31)27(19(32)10-16)44-13-23(35)36/h7-12,26H,5-6,13-14H2,1-4H3,(H,35,36)/b22-11-/t26-/m1/s1. The van der Waals surface area contributed by atoms with Crippen LogP contribution in [-0.2, 0) is 23.9 Å². The Morgan fingerprint density at radius 3 is 2.36 bits per heavy atom. The highest BCUT2D eigenvalue weighted by atomic mass is 79.9. The van der Waals surface area contributed by atoms with Crippen LogP contribution in [0.25, 0.3) is 6.08 Å². The number of esters is 2. The molecule has 238 valence electrons. The average molecular weight is 768 g/mol. The number of aromatic nitrogens is 1. The van der Waals surface area contributed by atoms with Gasteiger partial charge in [0.05, 0.1) is 51.1 Å². The number of ether oxygens (including phenoxy) is 5. The number of fused-ring (bicyclic) bond motifs is 1. The molecule has 1 aromatic heterocycles. The van der Waals surface area contributed by atoms with Crippen LogP contribution in [0.5, 0.6) is 17.2 Å². The van der Waals surface area contributed by atoms with Crippen molar-refractivity contribution < 1.29 is 43.2 Å². The van der Waals surface area contributed by atoms with Gasteiger partial charge in [0.25, 0.3) is 5.56 Å². The van der Waals surface area contributed by atoms with Crippen molar-refractivity contribution in [2.24, 2.45) is 4.99 Å². The SMILES string of the molecule is CCOC(=O)C1=C(C)N=c2s/c(=C\c3cc(Br)c(OCC(=O)O)c(Br)c3)c(=O)n2[C@@H]1c1ccc(OCC(=O)OC)c(OCC)c1. The number of aliphatic carboxylic acids is 1. The van der Waals surface area contributed by atoms with Gasteiger partial charge in [-0.2, -0.15) is 0 Å². The Morgan fingerprint density at radius 1 is 1.02 bits per heavy atom. The lowest BCUT2D eigenvalue weighted by Gasteiger charge is -2.25. The number of rotatable bonds is 12. The molecule has 1 N–H and O–H groups in total. The maximum atomic E-state index is 14.0. The first-order chi connectivity index (χ1) is 21.5. The summed E-state index contributed by atoms with van der Waals surface area (Å²) in [6, 6.07) is 7.39. The highest BCUT2D eigenvalue weighted by Gasteiger charge is 2.34. The number of carboxylic acid groups (broad SMARTS) is 1. The van der Waals surface area contributed by atoms with Crippen LogP contribution < -0.4 is 29.1 Å². The minimum absolute atomic E-state index is 0.118. The molecule has 45 heavy (non-hydrogen) atoms. The van der Waals surface area contributed by atoms with E-state index >= 15 is 0 Å². The number of carbonyl (C=O) groups excluding carboxylic acids is 2. The first-order valence-electron chi connectivity index (χ1n) is 13.5. The maximum absolute atomic E-state index is 14.0. The predicted octanol–water partition coefficient (Wildman–Crippen LogP) is 3.74. The zero-order valence-corrected chi connectivity index (χ0v) is 28.5. The number of methoxy groups -OCH3 is 1. The number of hydrogen-bond acceptors (Lipinski definition) is 11. The zero-order chi connectivity index (χ0) is 32.8. The summed E-state index contributed by atoms with van der Waals surface area (Å²) in [6.45, 7) is 4.69. The third-order valence-electron chi connectivity index (χ3n) is 6.33. The number of hydrogen-bond donors (Lipinski definition) is 1. The molecule has 1 atom stereocenters. The Hall–Kier alpha value is -3.95. The molecule has 4 rings (SSSR count). The van der Waals surface area contributed by atoms with Gasteiger partial charge in [-0.3, -0.25) is 9.36 Å². The van der Waals surface area contributed by atoms with Crippen molar-refractivity contribution in [3.8, 4) is 17.2 Å². The highest BCUT2D eigenvalue weighted by Crippen LogP contribution is 2.37. The van der Waals surface area contributed by atoms with Crippen LogP contribution in [0.3, 0.4) is 0 Å². The number of thiazole rings is 1. The lowest BCUT2D eigenvalue weighted by Crippen LogP contribution is -2.40. The molecule has 0 fully saturated rings. The smallest absolute Gasteiger partial charge is 0.343 e. The normalized spacial score (nSPS) is 14.4. The molecule has 3 aromatic rings. The summed E-state index contributed by atoms with van der Waals surface area (Å²) in [5.41, 5.74) is 1.32. The van der Waals surface area contributed by atoms with Crippen LogP contribution in [-0.4, -0.2) is 61.1 Å². The fraction of sp³-hybridized carbons (Fsp3) is 0.300. The molecule has 1 aliphatic heterocycles. The maximum Gasteiger partial charge on any atom is 0.343 e. The van der Waals surface area contributed by atoms with E-state index in [9.17, 15) is 19.2 Å². The minimum atomic E-state index is -1.12. The zero-order valence-electron chi connectivity index (χ0n) is 24.5. The lowest BCUT2D eigenvalue weighted by molar-refractivity contribution is -0.143. The largest absolute Gasteiger partial charge is 0.490 e. The molecule has 15 heteroatoms. The molecule has 0 radical (unpaired) electrons. The van der Waals surface area contributed by atoms with E-state index in [1.54, 1.807) is 57.2 Å². The van der Waals surface area contributed by atoms with Gasteiger partial charge in [-0.05, 0) is 94.1 Å². The van der Waals surface area contributed by atoms with E-state index in [-0.39, 0.29) is 31.1 Å². The Kier molecular flexibility index (Phi) is 11.2. The van der Waals surface area contributed by atoms with E-state index in [0.717, 1.165) is 11.3 Å². The van der Waals surface area contributed by atoms with Gasteiger partial charge in [-0.1, -0.05) is 17.4 Å². The monoisotopic (exact) mass is 766 g/mol. The number of benzene rings is 2. The van der Waals surface area contributed by atoms with Crippen LogP contribution in [0.2, 0.25) is 0 Å². The fourth-order valence-electron chi connectivity index (χ4n) is 4.47. The van der Waals surface area contributed by atoms with Crippen molar-refractivity contribution in [2.45, 2.75) is 26.8 Å². The van der Waals surface area contributed by atoms with Crippen molar-refractivity contribution >= 4 is 67.2 Å². The molecule has 0 saturated heterocycles. The second-order valence-corrected chi connectivity index (χ2v) is 12.0. The van der Waals surface area contributed by atoms with E-state index in [1.807, 2.05) is 0 Å². The van der Waals surface area contributed by atoms with Crippen molar-refractivity contribution in [2.75, 3.05) is 33.5 Å². The van der Waals surface area contributed by atoms with Crippen LogP contribution >= 0.6 is 43.2 Å². The highest BCUT2D eigenvalue weighted by molar-refractivity contribution is 9.11. The van der Waals surface area contributed by atoms with Gasteiger partial charge < -0.3 is 28.8 Å². The summed E-state index contributed by atoms with van der Waals surface area (Å²) in [4.78, 5) is 54.9. The summed E-state index contributed by atoms with van der Waals surface area (Å²) < 4.78 is 29.5. The van der Waals surface area contributed by atoms with Gasteiger partial charge in [0.1, 0.15) is 5.75 Å². The van der Waals surface area contributed by atoms with Crippen LogP contribution in [0.15, 0.2) is 60.3 Å². The van der Waals surface area contributed by atoms with Crippen LogP contribution in [0.4, 0.5) is 0 Å². The first kappa shape index (κ1) is 33.9. The van der Waals surface area contributed by atoms with Gasteiger partial charge in [0.2, 0.25) is 0 Å². The topological polar surface area (TPSA) is 152 Å². The fourth-order valence-corrected chi connectivity index (χ4v) is 6.97. The molecule has 1 aliphatic rings. The summed E-state index contributed by atoms with van der Waals surface area (Å²) in [6.07, 6.45) is 1.66. The van der Waals surface area contributed by atoms with Gasteiger partial charge in [-0.25, -0.2) is 19.4 Å². The van der Waals surface area contributed by atoms with Gasteiger partial charge in [0, 0.05) is 0 Å². The number of halogens is 2. The Bertz CT molecular complexity index is 1840. The molecule has 0 aliphatic carbocycles. The number of carbonyl (C=O) groups is 3. The van der Waals surface area contributed by atoms with Crippen molar-refractivity contribution in [3.05, 3.63) is 81.4 Å². The van der Waals surface area contributed by atoms with Gasteiger partial charge in [-0.15, -0.1) is 0 Å². The van der Waals surface area contributed by atoms with Crippen LogP contribution in [0, 0.1) is 0 Å². The van der Waals surface area contributed by atoms with Gasteiger partial charge in [0.15, 0.2) is 29.5 Å². The first-order valence-corrected chi connectivity index (χ1v) is 15.9. The Balaban J connectivity index is 1.87. The molecule has 0 amide bonds. The summed E-state index contributed by atoms with van der Waals surface area (Å²) in [5, 5.41) is 8.96. The van der Waals surface area contributed by atoms with E-state index in [0.29, 0.717) is 46.6 Å². The summed E-state index contributed by atoms with van der Waals surface area (Å²) >= 11 is 7.94. The van der Waals surface area contributed by atoms with E-state index < -0.39 is 36.1 Å². The number of nitrogens with zero attached hydrogens (tertiary/aromatic N) is 2. The van der Waals surface area contributed by atoms with Crippen molar-refractivity contribution in [1.82, 2.24) is 4.57 Å². The third kappa shape index (κ3) is 7.65. The second-order valence-electron chi connectivity index (χ2n) is 9.30. The van der Waals surface area contributed by atoms with Crippen molar-refractivity contribution in [1.29, 1.82) is 0 Å². The number of carboxylic acids is 1. The third-order valence-corrected chi connectivity index (χ3v) is 8.49. The molecular weight excluding hydrogens is 740 g/mol. The number of allylic oxidation sites excluding steroid dienone is 1. The molecular formula is C30H28Br2N2O10S. The Morgan fingerprint density at radius 2 is 1.73 bits per heavy atom. The molecule has 0 spiro atoms. The minimum Gasteiger partial charge on any atom is -0.490 e. The molecule has 2 heterocycles. The van der Waals surface area contributed by atoms with E-state index in [4.69, 9.17) is 24.1 Å². The lowest BCUT2D eigenvalue weighted by atomic mass is 9.95. The summed E-state index contributed by atoms with van der Waals surface area (Å²) in [7, 11) is 1.25. The summed E-state index contributed by atoms with van der Waals surface area (Å²) in [5.74, 6) is -1.43. The second kappa shape index (κ2) is 14.9. The molecule has 12 nitrogen and oxygen atoms in total. The molecule has 0 bridgehead atoms. The van der Waals surface area contributed by atoms with E-state index in [2.05, 4.69) is 41.6 Å². The van der Waals surface area contributed by atoms with Crippen molar-refractivity contribution in [3.63, 3.8) is 0 Å². The average Bonchev–Trinajstić information content (AvgIpc) is 3.28. The molecule has 0 saturated carbocycles. The molecule has 0 unspecified atom stereocenters.